The van der Waals surface area contributed by atoms with Gasteiger partial charge in [0.1, 0.15) is 5.69 Å². The summed E-state index contributed by atoms with van der Waals surface area (Å²) in [6.45, 7) is 1.59. The van der Waals surface area contributed by atoms with E-state index < -0.39 is 11.1 Å². The van der Waals surface area contributed by atoms with Crippen molar-refractivity contribution < 1.29 is 14.4 Å². The Kier molecular flexibility index (Phi) is 5.17. The zero-order valence-electron chi connectivity index (χ0n) is 18.7. The molecule has 5 rings (SSSR count). The predicted octanol–water partition coefficient (Wildman–Crippen LogP) is 2.94. The molecule has 0 bridgehead atoms. The summed E-state index contributed by atoms with van der Waals surface area (Å²) in [5, 5.41) is 2.46. The number of thioether (sulfide) groups is 1. The molecule has 1 N–H and O–H groups in total. The summed E-state index contributed by atoms with van der Waals surface area (Å²) in [5.74, 6) is -0.891. The van der Waals surface area contributed by atoms with E-state index in [2.05, 4.69) is 5.32 Å². The van der Waals surface area contributed by atoms with Crippen LogP contribution in [0.3, 0.4) is 0 Å². The predicted molar refractivity (Wildman–Crippen MR) is 131 cm³/mol. The second-order valence-electron chi connectivity index (χ2n) is 7.96. The number of carbonyl (C=O) groups excluding carboxylic acids is 3. The van der Waals surface area contributed by atoms with Gasteiger partial charge in [-0.1, -0.05) is 36.4 Å². The summed E-state index contributed by atoms with van der Waals surface area (Å²) in [5.41, 5.74) is 2.89. The normalized spacial score (nSPS) is 17.7. The Morgan fingerprint density at radius 1 is 0.882 bits per heavy atom. The fourth-order valence-corrected chi connectivity index (χ4v) is 5.13. The van der Waals surface area contributed by atoms with Crippen LogP contribution < -0.4 is 15.8 Å². The van der Waals surface area contributed by atoms with Crippen LogP contribution in [0.25, 0.3) is 11.3 Å². The van der Waals surface area contributed by atoms with Crippen molar-refractivity contribution in [3.63, 3.8) is 0 Å². The zero-order chi connectivity index (χ0) is 24.1. The van der Waals surface area contributed by atoms with Crippen molar-refractivity contribution >= 4 is 45.8 Å². The van der Waals surface area contributed by atoms with Gasteiger partial charge in [-0.25, -0.2) is 4.68 Å². The summed E-state index contributed by atoms with van der Waals surface area (Å²) in [6, 6.07) is 16.3. The van der Waals surface area contributed by atoms with Gasteiger partial charge in [0.2, 0.25) is 0 Å². The number of likely N-dealkylation sites (N-methyl/N-ethyl adjacent to an activating group) is 1. The molecule has 0 unspecified atom stereocenters. The van der Waals surface area contributed by atoms with Crippen LogP contribution in [0.15, 0.2) is 64.3 Å². The highest BCUT2D eigenvalue weighted by molar-refractivity contribution is 8.18. The topological polar surface area (TPSA) is 96.7 Å². The third kappa shape index (κ3) is 3.18. The maximum Gasteiger partial charge on any atom is 0.295 e. The largest absolute Gasteiger partial charge is 0.361 e. The van der Waals surface area contributed by atoms with Gasteiger partial charge in [0, 0.05) is 19.7 Å². The molecule has 2 aromatic carbocycles. The number of anilines is 2. The second kappa shape index (κ2) is 8.07. The molecule has 2 aliphatic heterocycles. The number of carbonyl (C=O) groups is 3. The molecule has 0 spiro atoms. The van der Waals surface area contributed by atoms with Crippen LogP contribution in [0.5, 0.6) is 0 Å². The van der Waals surface area contributed by atoms with Gasteiger partial charge in [-0.2, -0.15) is 0 Å². The summed E-state index contributed by atoms with van der Waals surface area (Å²) in [4.78, 5) is 54.4. The number of nitrogens with one attached hydrogen (secondary N) is 1. The van der Waals surface area contributed by atoms with Crippen LogP contribution in [0.1, 0.15) is 11.3 Å². The summed E-state index contributed by atoms with van der Waals surface area (Å²) >= 11 is 0.738. The number of amides is 3. The first-order valence-corrected chi connectivity index (χ1v) is 11.4. The molecule has 9 nitrogen and oxygen atoms in total. The van der Waals surface area contributed by atoms with E-state index >= 15 is 0 Å². The molecule has 3 heterocycles. The second-order valence-corrected chi connectivity index (χ2v) is 8.92. The van der Waals surface area contributed by atoms with Gasteiger partial charge < -0.3 is 10.2 Å². The van der Waals surface area contributed by atoms with E-state index in [1.807, 2.05) is 36.4 Å². The van der Waals surface area contributed by atoms with Gasteiger partial charge in [-0.15, -0.1) is 0 Å². The average molecular weight is 476 g/mol. The number of imide groups is 1. The molecule has 1 fully saturated rings. The molecule has 1 aromatic heterocycles. The average Bonchev–Trinajstić information content (AvgIpc) is 3.34. The van der Waals surface area contributed by atoms with Crippen LogP contribution in [0.2, 0.25) is 0 Å². The van der Waals surface area contributed by atoms with Crippen LogP contribution in [-0.4, -0.2) is 45.0 Å². The summed E-state index contributed by atoms with van der Waals surface area (Å²) < 4.78 is 3.22. The third-order valence-corrected chi connectivity index (χ3v) is 7.08. The third-order valence-electron chi connectivity index (χ3n) is 6.10. The van der Waals surface area contributed by atoms with E-state index in [0.717, 1.165) is 16.7 Å². The van der Waals surface area contributed by atoms with Crippen molar-refractivity contribution in [2.24, 2.45) is 7.05 Å². The first-order chi connectivity index (χ1) is 16.3. The smallest absolute Gasteiger partial charge is 0.295 e. The van der Waals surface area contributed by atoms with Crippen LogP contribution in [-0.2, 0) is 16.6 Å². The van der Waals surface area contributed by atoms with Crippen molar-refractivity contribution in [3.8, 4) is 5.69 Å². The first kappa shape index (κ1) is 21.8. The zero-order valence-corrected chi connectivity index (χ0v) is 19.5. The molecule has 2 aliphatic rings. The lowest BCUT2D eigenvalue weighted by Crippen LogP contribution is -2.34. The molecule has 0 saturated carbocycles. The lowest BCUT2D eigenvalue weighted by Gasteiger charge is -2.13. The molecule has 172 valence electrons. The Hall–Kier alpha value is -4.05. The molecule has 0 radical (unpaired) electrons. The Balaban J connectivity index is 1.45. The minimum Gasteiger partial charge on any atom is -0.361 e. The number of rotatable bonds is 4. The van der Waals surface area contributed by atoms with Gasteiger partial charge in [0.05, 0.1) is 34.2 Å². The number of benzene rings is 2. The minimum atomic E-state index is -0.562. The Labute approximate surface area is 199 Å². The van der Waals surface area contributed by atoms with E-state index in [0.29, 0.717) is 28.3 Å². The van der Waals surface area contributed by atoms with Gasteiger partial charge in [0.25, 0.3) is 22.6 Å². The quantitative estimate of drug-likeness (QED) is 0.583. The fourth-order valence-electron chi connectivity index (χ4n) is 4.21. The van der Waals surface area contributed by atoms with Gasteiger partial charge in [-0.3, -0.25) is 28.8 Å². The van der Waals surface area contributed by atoms with Crippen molar-refractivity contribution in [1.82, 2.24) is 14.3 Å². The van der Waals surface area contributed by atoms with Crippen molar-refractivity contribution in [2.75, 3.05) is 23.9 Å². The Morgan fingerprint density at radius 3 is 2.29 bits per heavy atom. The van der Waals surface area contributed by atoms with Gasteiger partial charge >= 0.3 is 0 Å². The number of para-hydroxylation sites is 2. The number of fused-ring (bicyclic) bond motifs is 1. The van der Waals surface area contributed by atoms with Crippen LogP contribution in [0, 0.1) is 6.92 Å². The highest BCUT2D eigenvalue weighted by atomic mass is 32.2. The molecule has 0 aliphatic carbocycles. The molecular weight excluding hydrogens is 454 g/mol. The summed E-state index contributed by atoms with van der Waals surface area (Å²) in [6.07, 6.45) is 0. The minimum absolute atomic E-state index is 0.0973. The maximum atomic E-state index is 13.2. The fraction of sp³-hybridized carbons (Fsp3) is 0.167. The van der Waals surface area contributed by atoms with E-state index in [-0.39, 0.29) is 28.6 Å². The number of hydrogen-bond donors (Lipinski definition) is 1. The molecule has 0 atom stereocenters. The Bertz CT molecular complexity index is 1450. The highest BCUT2D eigenvalue weighted by Gasteiger charge is 2.42. The monoisotopic (exact) mass is 475 g/mol. The number of aromatic nitrogens is 2. The van der Waals surface area contributed by atoms with E-state index in [9.17, 15) is 19.2 Å². The van der Waals surface area contributed by atoms with E-state index in [1.165, 1.54) is 9.58 Å². The van der Waals surface area contributed by atoms with Crippen LogP contribution in [0.4, 0.5) is 16.2 Å². The summed E-state index contributed by atoms with van der Waals surface area (Å²) in [7, 11) is 3.40. The highest BCUT2D eigenvalue weighted by Crippen LogP contribution is 2.43. The van der Waals surface area contributed by atoms with Crippen LogP contribution >= 0.6 is 11.8 Å². The molecule has 10 heteroatoms. The van der Waals surface area contributed by atoms with Crippen molar-refractivity contribution in [3.05, 3.63) is 81.1 Å². The standard InChI is InChI=1S/C24H21N5O4S/c1-14-19(22(31)29(27(14)3)15-9-5-4-6-10-15)25-13-28-23(32)20(34-24(28)33)18-16-11-7-8-12-17(16)26(2)21(18)30/h4-12,25H,13H2,1-3H3. The van der Waals surface area contributed by atoms with Gasteiger partial charge in [-0.05, 0) is 36.9 Å². The number of hydrogen-bond acceptors (Lipinski definition) is 6. The molecule has 34 heavy (non-hydrogen) atoms. The SMILES string of the molecule is Cc1c(NCN2C(=O)SC(=C3C(=O)N(C)c4ccccc43)C2=O)c(=O)n(-c2ccccc2)n1C. The van der Waals surface area contributed by atoms with E-state index in [1.54, 1.807) is 43.9 Å². The molecule has 3 amide bonds. The lowest BCUT2D eigenvalue weighted by molar-refractivity contribution is -0.122. The molecule has 1 saturated heterocycles. The molecule has 3 aromatic rings. The maximum absolute atomic E-state index is 13.2. The Morgan fingerprint density at radius 2 is 1.56 bits per heavy atom. The first-order valence-electron chi connectivity index (χ1n) is 10.5. The lowest BCUT2D eigenvalue weighted by atomic mass is 10.1. The van der Waals surface area contributed by atoms with Crippen molar-refractivity contribution in [2.45, 2.75) is 6.92 Å². The van der Waals surface area contributed by atoms with E-state index in [4.69, 9.17) is 0 Å². The molecular formula is C24H21N5O4S. The van der Waals surface area contributed by atoms with Gasteiger partial charge in [0.15, 0.2) is 0 Å². The number of nitrogens with zero attached hydrogens (tertiary/aromatic N) is 4. The van der Waals surface area contributed by atoms with Crippen molar-refractivity contribution in [1.29, 1.82) is 0 Å².